The highest BCUT2D eigenvalue weighted by Crippen LogP contribution is 2.29. The second-order valence-corrected chi connectivity index (χ2v) is 8.65. The number of amides is 1. The Bertz CT molecular complexity index is 1070. The van der Waals surface area contributed by atoms with E-state index in [1.54, 1.807) is 0 Å². The maximum Gasteiger partial charge on any atom is 0.234 e. The largest absolute Gasteiger partial charge is 0.490 e. The summed E-state index contributed by atoms with van der Waals surface area (Å²) in [6, 6.07) is 13.7. The van der Waals surface area contributed by atoms with Gasteiger partial charge in [0.1, 0.15) is 6.61 Å². The number of hydrogen-bond donors (Lipinski definition) is 1. The number of carbonyl (C=O) groups excluding carboxylic acids is 1. The Morgan fingerprint density at radius 3 is 2.66 bits per heavy atom. The maximum atomic E-state index is 12.5. The quantitative estimate of drug-likeness (QED) is 0.437. The van der Waals surface area contributed by atoms with Crippen molar-refractivity contribution in [2.24, 2.45) is 7.05 Å². The smallest absolute Gasteiger partial charge is 0.234 e. The van der Waals surface area contributed by atoms with Crippen LogP contribution < -0.4 is 14.8 Å². The molecule has 8 heteroatoms. The molecule has 0 atom stereocenters. The minimum atomic E-state index is -0.0788. The van der Waals surface area contributed by atoms with Crippen molar-refractivity contribution < 1.29 is 14.3 Å². The Balaban J connectivity index is 1.58. The molecular formula is C24H30N4O3S. The third kappa shape index (κ3) is 6.03. The maximum absolute atomic E-state index is 12.5. The average Bonchev–Trinajstić information content (AvgIpc) is 3.11. The van der Waals surface area contributed by atoms with Gasteiger partial charge >= 0.3 is 0 Å². The molecule has 1 heterocycles. The number of hydrogen-bond acceptors (Lipinski definition) is 6. The first-order valence-corrected chi connectivity index (χ1v) is 11.6. The standard InChI is InChI=1S/C24H30N4O3S/c1-6-30-21-13-17(4)11-12-20(21)31-14-22-26-27-24(28(22)5)32-15-23(29)25-19-10-8-7-9-18(19)16(2)3/h7-13,16H,6,14-15H2,1-5H3,(H,25,29). The van der Waals surface area contributed by atoms with E-state index in [4.69, 9.17) is 9.47 Å². The van der Waals surface area contributed by atoms with Crippen molar-refractivity contribution in [2.45, 2.75) is 45.4 Å². The lowest BCUT2D eigenvalue weighted by Gasteiger charge is -2.13. The van der Waals surface area contributed by atoms with Crippen LogP contribution in [0.15, 0.2) is 47.6 Å². The van der Waals surface area contributed by atoms with Gasteiger partial charge in [-0.15, -0.1) is 10.2 Å². The molecule has 0 aliphatic carbocycles. The fourth-order valence-corrected chi connectivity index (χ4v) is 3.90. The first-order chi connectivity index (χ1) is 15.4. The topological polar surface area (TPSA) is 78.3 Å². The second-order valence-electron chi connectivity index (χ2n) is 7.71. The molecular weight excluding hydrogens is 424 g/mol. The van der Waals surface area contributed by atoms with Gasteiger partial charge in [0.25, 0.3) is 0 Å². The van der Waals surface area contributed by atoms with E-state index in [1.807, 2.05) is 67.9 Å². The van der Waals surface area contributed by atoms with Crippen LogP contribution in [0.5, 0.6) is 11.5 Å². The molecule has 0 unspecified atom stereocenters. The highest BCUT2D eigenvalue weighted by molar-refractivity contribution is 7.99. The monoisotopic (exact) mass is 454 g/mol. The predicted octanol–water partition coefficient (Wildman–Crippen LogP) is 4.96. The van der Waals surface area contributed by atoms with E-state index in [9.17, 15) is 4.79 Å². The minimum Gasteiger partial charge on any atom is -0.490 e. The van der Waals surface area contributed by atoms with Crippen molar-refractivity contribution in [3.63, 3.8) is 0 Å². The number of anilines is 1. The van der Waals surface area contributed by atoms with Crippen LogP contribution in [0.25, 0.3) is 0 Å². The molecule has 0 spiro atoms. The van der Waals surface area contributed by atoms with Crippen LogP contribution in [-0.2, 0) is 18.4 Å². The molecule has 7 nitrogen and oxygen atoms in total. The van der Waals surface area contributed by atoms with Gasteiger partial charge in [-0.25, -0.2) is 0 Å². The molecule has 3 rings (SSSR count). The molecule has 0 aliphatic rings. The van der Waals surface area contributed by atoms with Crippen LogP contribution in [0.1, 0.15) is 43.6 Å². The number of rotatable bonds is 10. The number of carbonyl (C=O) groups is 1. The van der Waals surface area contributed by atoms with Crippen molar-refractivity contribution in [1.82, 2.24) is 14.8 Å². The van der Waals surface area contributed by atoms with Crippen LogP contribution in [0.3, 0.4) is 0 Å². The van der Waals surface area contributed by atoms with Gasteiger partial charge in [0.15, 0.2) is 22.5 Å². The zero-order chi connectivity index (χ0) is 23.1. The first kappa shape index (κ1) is 23.7. The summed E-state index contributed by atoms with van der Waals surface area (Å²) in [6.07, 6.45) is 0. The lowest BCUT2D eigenvalue weighted by molar-refractivity contribution is -0.113. The SMILES string of the molecule is CCOc1cc(C)ccc1OCc1nnc(SCC(=O)Nc2ccccc2C(C)C)n1C. The Labute approximate surface area is 193 Å². The fourth-order valence-electron chi connectivity index (χ4n) is 3.17. The average molecular weight is 455 g/mol. The van der Waals surface area contributed by atoms with E-state index in [0.29, 0.717) is 35.0 Å². The number of nitrogens with zero attached hydrogens (tertiary/aromatic N) is 3. The Kier molecular flexibility index (Phi) is 8.16. The van der Waals surface area contributed by atoms with Gasteiger partial charge in [-0.05, 0) is 49.1 Å². The van der Waals surface area contributed by atoms with E-state index >= 15 is 0 Å². The summed E-state index contributed by atoms with van der Waals surface area (Å²) in [7, 11) is 1.87. The van der Waals surface area contributed by atoms with Gasteiger partial charge in [0.05, 0.1) is 12.4 Å². The van der Waals surface area contributed by atoms with Crippen molar-refractivity contribution in [3.05, 3.63) is 59.4 Å². The zero-order valence-corrected chi connectivity index (χ0v) is 20.0. The van der Waals surface area contributed by atoms with E-state index < -0.39 is 0 Å². The summed E-state index contributed by atoms with van der Waals surface area (Å²) in [5, 5.41) is 12.1. The van der Waals surface area contributed by atoms with Crippen molar-refractivity contribution in [3.8, 4) is 11.5 Å². The summed E-state index contributed by atoms with van der Waals surface area (Å²) >= 11 is 1.34. The number of aryl methyl sites for hydroxylation is 1. The van der Waals surface area contributed by atoms with E-state index in [0.717, 1.165) is 16.8 Å². The molecule has 1 aromatic heterocycles. The lowest BCUT2D eigenvalue weighted by atomic mass is 10.0. The van der Waals surface area contributed by atoms with Gasteiger partial charge < -0.3 is 19.4 Å². The molecule has 3 aromatic rings. The summed E-state index contributed by atoms with van der Waals surface area (Å²) < 4.78 is 13.4. The predicted molar refractivity (Wildman–Crippen MR) is 128 cm³/mol. The Hall–Kier alpha value is -3.00. The Morgan fingerprint density at radius 1 is 1.12 bits per heavy atom. The van der Waals surface area contributed by atoms with Gasteiger partial charge in [-0.2, -0.15) is 0 Å². The number of thioether (sulfide) groups is 1. The van der Waals surface area contributed by atoms with Crippen LogP contribution in [0.2, 0.25) is 0 Å². The summed E-state index contributed by atoms with van der Waals surface area (Å²) in [5.74, 6) is 2.54. The van der Waals surface area contributed by atoms with E-state index in [-0.39, 0.29) is 18.3 Å². The molecule has 0 bridgehead atoms. The lowest BCUT2D eigenvalue weighted by Crippen LogP contribution is -2.16. The highest BCUT2D eigenvalue weighted by Gasteiger charge is 2.14. The van der Waals surface area contributed by atoms with Crippen molar-refractivity contribution in [2.75, 3.05) is 17.7 Å². The van der Waals surface area contributed by atoms with Gasteiger partial charge in [-0.1, -0.05) is 49.9 Å². The fraction of sp³-hybridized carbons (Fsp3) is 0.375. The number of ether oxygens (including phenoxy) is 2. The second kappa shape index (κ2) is 11.0. The Morgan fingerprint density at radius 2 is 1.91 bits per heavy atom. The van der Waals surface area contributed by atoms with Crippen LogP contribution >= 0.6 is 11.8 Å². The minimum absolute atomic E-state index is 0.0788. The number of para-hydroxylation sites is 1. The normalized spacial score (nSPS) is 10.9. The molecule has 0 aliphatic heterocycles. The number of benzene rings is 2. The molecule has 0 radical (unpaired) electrons. The zero-order valence-electron chi connectivity index (χ0n) is 19.2. The van der Waals surface area contributed by atoms with Crippen molar-refractivity contribution in [1.29, 1.82) is 0 Å². The number of nitrogens with one attached hydrogen (secondary N) is 1. The summed E-state index contributed by atoms with van der Waals surface area (Å²) in [5.41, 5.74) is 3.07. The molecule has 1 amide bonds. The third-order valence-electron chi connectivity index (χ3n) is 4.87. The van der Waals surface area contributed by atoms with Gasteiger partial charge in [-0.3, -0.25) is 4.79 Å². The van der Waals surface area contributed by atoms with E-state index in [2.05, 4.69) is 29.4 Å². The van der Waals surface area contributed by atoms with Crippen LogP contribution in [0.4, 0.5) is 5.69 Å². The molecule has 0 fully saturated rings. The summed E-state index contributed by atoms with van der Waals surface area (Å²) in [4.78, 5) is 12.5. The molecule has 2 aromatic carbocycles. The van der Waals surface area contributed by atoms with Gasteiger partial charge in [0.2, 0.25) is 5.91 Å². The van der Waals surface area contributed by atoms with Crippen molar-refractivity contribution >= 4 is 23.4 Å². The summed E-state index contributed by atoms with van der Waals surface area (Å²) in [6.45, 7) is 8.98. The molecule has 1 N–H and O–H groups in total. The third-order valence-corrected chi connectivity index (χ3v) is 5.89. The molecule has 32 heavy (non-hydrogen) atoms. The van der Waals surface area contributed by atoms with Crippen LogP contribution in [-0.4, -0.2) is 33.0 Å². The molecule has 0 saturated carbocycles. The highest BCUT2D eigenvalue weighted by atomic mass is 32.2. The van der Waals surface area contributed by atoms with Crippen LogP contribution in [0, 0.1) is 6.92 Å². The molecule has 170 valence electrons. The molecule has 0 saturated heterocycles. The first-order valence-electron chi connectivity index (χ1n) is 10.6. The van der Waals surface area contributed by atoms with Gasteiger partial charge in [0, 0.05) is 12.7 Å². The van der Waals surface area contributed by atoms with E-state index in [1.165, 1.54) is 11.8 Å². The number of aromatic nitrogens is 3.